The van der Waals surface area contributed by atoms with Crippen LogP contribution in [0.15, 0.2) is 30.3 Å². The topological polar surface area (TPSA) is 66.4 Å². The number of rotatable bonds is 3. The molecule has 0 spiro atoms. The normalized spacial score (nSPS) is 13.0. The van der Waals surface area contributed by atoms with E-state index in [-0.39, 0.29) is 11.5 Å². The van der Waals surface area contributed by atoms with Crippen molar-refractivity contribution in [3.8, 4) is 0 Å². The smallest absolute Gasteiger partial charge is 0.335 e. The van der Waals surface area contributed by atoms with Crippen molar-refractivity contribution >= 4 is 28.9 Å². The molecule has 0 saturated heterocycles. The summed E-state index contributed by atoms with van der Waals surface area (Å²) in [5, 5.41) is 11.7. The Morgan fingerprint density at radius 3 is 2.80 bits per heavy atom. The quantitative estimate of drug-likeness (QED) is 0.911. The molecule has 0 unspecified atom stereocenters. The molecule has 0 fully saturated rings. The summed E-state index contributed by atoms with van der Waals surface area (Å²) in [6.07, 6.45) is 3.28. The Morgan fingerprint density at radius 2 is 2.05 bits per heavy atom. The number of carboxylic acids is 1. The number of carbonyl (C=O) groups excluding carboxylic acids is 1. The molecule has 0 atom stereocenters. The highest BCUT2D eigenvalue weighted by molar-refractivity contribution is 7.14. The highest BCUT2D eigenvalue weighted by Gasteiger charge is 2.18. The molecule has 0 bridgehead atoms. The summed E-state index contributed by atoms with van der Waals surface area (Å²) < 4.78 is 0. The van der Waals surface area contributed by atoms with E-state index >= 15 is 0 Å². The van der Waals surface area contributed by atoms with Gasteiger partial charge < -0.3 is 10.4 Å². The van der Waals surface area contributed by atoms with Crippen LogP contribution in [0.2, 0.25) is 0 Å². The van der Waals surface area contributed by atoms with E-state index < -0.39 is 5.97 Å². The first-order valence-corrected chi connectivity index (χ1v) is 7.21. The predicted octanol–water partition coefficient (Wildman–Crippen LogP) is 3.19. The van der Waals surface area contributed by atoms with Gasteiger partial charge in [0.2, 0.25) is 0 Å². The Bertz CT molecular complexity index is 669. The number of aromatic carboxylic acids is 1. The van der Waals surface area contributed by atoms with Crippen LogP contribution in [0.5, 0.6) is 0 Å². The van der Waals surface area contributed by atoms with Crippen molar-refractivity contribution < 1.29 is 14.7 Å². The zero-order valence-electron chi connectivity index (χ0n) is 10.7. The lowest BCUT2D eigenvalue weighted by atomic mass is 10.2. The second-order valence-electron chi connectivity index (χ2n) is 4.75. The third-order valence-electron chi connectivity index (χ3n) is 3.34. The number of anilines is 1. The van der Waals surface area contributed by atoms with E-state index in [1.54, 1.807) is 12.1 Å². The Labute approximate surface area is 120 Å². The van der Waals surface area contributed by atoms with Crippen LogP contribution in [0.25, 0.3) is 0 Å². The number of hydrogen-bond donors (Lipinski definition) is 2. The summed E-state index contributed by atoms with van der Waals surface area (Å²) in [6, 6.07) is 8.21. The molecule has 4 nitrogen and oxygen atoms in total. The van der Waals surface area contributed by atoms with Crippen LogP contribution >= 0.6 is 11.3 Å². The number of aryl methyl sites for hydroxylation is 2. The average Bonchev–Trinajstić information content (AvgIpc) is 2.99. The van der Waals surface area contributed by atoms with Gasteiger partial charge in [-0.3, -0.25) is 4.79 Å². The molecule has 1 amide bonds. The van der Waals surface area contributed by atoms with E-state index in [9.17, 15) is 9.59 Å². The van der Waals surface area contributed by atoms with Crippen LogP contribution in [0.1, 0.15) is 36.9 Å². The van der Waals surface area contributed by atoms with E-state index in [1.165, 1.54) is 40.3 Å². The number of thiophene rings is 1. The van der Waals surface area contributed by atoms with Gasteiger partial charge in [-0.05, 0) is 49.1 Å². The Kier molecular flexibility index (Phi) is 3.28. The van der Waals surface area contributed by atoms with E-state index in [0.717, 1.165) is 12.8 Å². The fourth-order valence-electron chi connectivity index (χ4n) is 2.36. The number of carbonyl (C=O) groups is 2. The van der Waals surface area contributed by atoms with Gasteiger partial charge in [0.15, 0.2) is 0 Å². The molecule has 102 valence electrons. The van der Waals surface area contributed by atoms with E-state index in [2.05, 4.69) is 5.32 Å². The number of benzene rings is 1. The van der Waals surface area contributed by atoms with Crippen LogP contribution in [0.4, 0.5) is 5.69 Å². The zero-order valence-corrected chi connectivity index (χ0v) is 11.5. The van der Waals surface area contributed by atoms with Crippen molar-refractivity contribution in [2.45, 2.75) is 19.3 Å². The summed E-state index contributed by atoms with van der Waals surface area (Å²) in [5.41, 5.74) is 1.94. The molecular formula is C15H13NO3S. The van der Waals surface area contributed by atoms with Gasteiger partial charge in [0.1, 0.15) is 0 Å². The summed E-state index contributed by atoms with van der Waals surface area (Å²) in [6.45, 7) is 0. The van der Waals surface area contributed by atoms with Gasteiger partial charge in [-0.15, -0.1) is 11.3 Å². The molecule has 0 saturated carbocycles. The first-order chi connectivity index (χ1) is 9.63. The van der Waals surface area contributed by atoms with Gasteiger partial charge >= 0.3 is 5.97 Å². The van der Waals surface area contributed by atoms with Crippen LogP contribution < -0.4 is 5.32 Å². The second kappa shape index (κ2) is 5.09. The minimum atomic E-state index is -1.00. The van der Waals surface area contributed by atoms with Gasteiger partial charge in [0, 0.05) is 10.6 Å². The molecule has 2 N–H and O–H groups in total. The molecule has 0 aliphatic heterocycles. The highest BCUT2D eigenvalue weighted by atomic mass is 32.1. The molecule has 0 radical (unpaired) electrons. The lowest BCUT2D eigenvalue weighted by Crippen LogP contribution is -2.10. The van der Waals surface area contributed by atoms with E-state index in [0.29, 0.717) is 10.6 Å². The molecular weight excluding hydrogens is 274 g/mol. The average molecular weight is 287 g/mol. The SMILES string of the molecule is O=C(O)c1cccc(NC(=O)c2cc3c(s2)CCC3)c1. The first kappa shape index (κ1) is 12.9. The molecule has 1 aromatic carbocycles. The summed E-state index contributed by atoms with van der Waals surface area (Å²) in [5.74, 6) is -1.18. The third-order valence-corrected chi connectivity index (χ3v) is 4.57. The molecule has 1 heterocycles. The predicted molar refractivity (Wildman–Crippen MR) is 77.7 cm³/mol. The third kappa shape index (κ3) is 2.44. The molecule has 1 aromatic heterocycles. The summed E-state index contributed by atoms with van der Waals surface area (Å²) in [7, 11) is 0. The maximum Gasteiger partial charge on any atom is 0.335 e. The highest BCUT2D eigenvalue weighted by Crippen LogP contribution is 2.31. The van der Waals surface area contributed by atoms with Gasteiger partial charge in [0.25, 0.3) is 5.91 Å². The maximum absolute atomic E-state index is 12.2. The molecule has 3 rings (SSSR count). The first-order valence-electron chi connectivity index (χ1n) is 6.40. The van der Waals surface area contributed by atoms with Crippen molar-refractivity contribution in [3.05, 3.63) is 51.2 Å². The standard InChI is InChI=1S/C15H13NO3S/c17-14(13-8-9-3-2-6-12(9)20-13)16-11-5-1-4-10(7-11)15(18)19/h1,4-5,7-8H,2-3,6H2,(H,16,17)(H,18,19). The molecule has 20 heavy (non-hydrogen) atoms. The van der Waals surface area contributed by atoms with Crippen molar-refractivity contribution in [2.75, 3.05) is 5.32 Å². The van der Waals surface area contributed by atoms with E-state index in [4.69, 9.17) is 5.11 Å². The molecule has 1 aliphatic carbocycles. The van der Waals surface area contributed by atoms with E-state index in [1.807, 2.05) is 6.07 Å². The van der Waals surface area contributed by atoms with Crippen LogP contribution in [0, 0.1) is 0 Å². The number of hydrogen-bond acceptors (Lipinski definition) is 3. The van der Waals surface area contributed by atoms with Gasteiger partial charge in [-0.1, -0.05) is 6.07 Å². The monoisotopic (exact) mass is 287 g/mol. The molecule has 2 aromatic rings. The van der Waals surface area contributed by atoms with Gasteiger partial charge in [-0.2, -0.15) is 0 Å². The van der Waals surface area contributed by atoms with Crippen LogP contribution in [0.3, 0.4) is 0 Å². The fraction of sp³-hybridized carbons (Fsp3) is 0.200. The minimum absolute atomic E-state index is 0.163. The fourth-order valence-corrected chi connectivity index (χ4v) is 3.51. The lowest BCUT2D eigenvalue weighted by molar-refractivity contribution is 0.0696. The Balaban J connectivity index is 1.78. The summed E-state index contributed by atoms with van der Waals surface area (Å²) >= 11 is 1.53. The minimum Gasteiger partial charge on any atom is -0.478 e. The van der Waals surface area contributed by atoms with Crippen LogP contribution in [-0.4, -0.2) is 17.0 Å². The van der Waals surface area contributed by atoms with Crippen molar-refractivity contribution in [1.29, 1.82) is 0 Å². The van der Waals surface area contributed by atoms with Crippen molar-refractivity contribution in [2.24, 2.45) is 0 Å². The van der Waals surface area contributed by atoms with Crippen molar-refractivity contribution in [1.82, 2.24) is 0 Å². The zero-order chi connectivity index (χ0) is 14.1. The molecule has 5 heteroatoms. The number of amides is 1. The largest absolute Gasteiger partial charge is 0.478 e. The Hall–Kier alpha value is -2.14. The van der Waals surface area contributed by atoms with Crippen molar-refractivity contribution in [3.63, 3.8) is 0 Å². The van der Waals surface area contributed by atoms with Gasteiger partial charge in [-0.25, -0.2) is 4.79 Å². The number of carboxylic acid groups (broad SMARTS) is 1. The lowest BCUT2D eigenvalue weighted by Gasteiger charge is -2.04. The van der Waals surface area contributed by atoms with Gasteiger partial charge in [0.05, 0.1) is 10.4 Å². The van der Waals surface area contributed by atoms with Crippen LogP contribution in [-0.2, 0) is 12.8 Å². The molecule has 1 aliphatic rings. The summed E-state index contributed by atoms with van der Waals surface area (Å²) in [4.78, 5) is 25.0. The number of nitrogens with one attached hydrogen (secondary N) is 1. The Morgan fingerprint density at radius 1 is 1.20 bits per heavy atom. The maximum atomic E-state index is 12.2. The number of fused-ring (bicyclic) bond motifs is 1. The second-order valence-corrected chi connectivity index (χ2v) is 5.89.